The highest BCUT2D eigenvalue weighted by molar-refractivity contribution is 7.89. The fraction of sp³-hybridized carbons (Fsp3) is 0.294. The number of H-pyrrole nitrogens is 1. The van der Waals surface area contributed by atoms with Crippen LogP contribution in [-0.2, 0) is 10.0 Å². The Morgan fingerprint density at radius 3 is 2.60 bits per heavy atom. The average Bonchev–Trinajstić information content (AvgIpc) is 2.63. The molecule has 6 nitrogen and oxygen atoms in total. The summed E-state index contributed by atoms with van der Waals surface area (Å²) < 4.78 is 27.3. The second-order valence-corrected chi connectivity index (χ2v) is 8.21. The zero-order valence-corrected chi connectivity index (χ0v) is 15.2. The topological polar surface area (TPSA) is 82.3 Å². The van der Waals surface area contributed by atoms with Gasteiger partial charge in [0.1, 0.15) is 4.64 Å². The molecule has 2 aromatic rings. The molecule has 8 heteroatoms. The minimum absolute atomic E-state index is 0.186. The predicted octanol–water partition coefficient (Wildman–Crippen LogP) is 3.17. The van der Waals surface area contributed by atoms with E-state index < -0.39 is 10.0 Å². The van der Waals surface area contributed by atoms with E-state index in [1.165, 1.54) is 10.4 Å². The van der Waals surface area contributed by atoms with Crippen molar-refractivity contribution in [2.45, 2.75) is 24.2 Å². The van der Waals surface area contributed by atoms with E-state index >= 15 is 0 Å². The minimum atomic E-state index is -3.54. The molecule has 25 heavy (non-hydrogen) atoms. The maximum absolute atomic E-state index is 12.7. The number of hydrogen-bond donors (Lipinski definition) is 2. The molecule has 1 fully saturated rings. The summed E-state index contributed by atoms with van der Waals surface area (Å²) in [5.41, 5.74) is 0.753. The lowest BCUT2D eigenvalue weighted by Crippen LogP contribution is -2.35. The largest absolute Gasteiger partial charge is 0.352 e. The van der Waals surface area contributed by atoms with Gasteiger partial charge in [-0.2, -0.15) is 4.31 Å². The Morgan fingerprint density at radius 2 is 1.88 bits per heavy atom. The summed E-state index contributed by atoms with van der Waals surface area (Å²) in [6.45, 7) is 1.08. The van der Waals surface area contributed by atoms with E-state index in [1.54, 1.807) is 36.5 Å². The van der Waals surface area contributed by atoms with Crippen LogP contribution in [0.2, 0.25) is 0 Å². The molecule has 1 saturated heterocycles. The summed E-state index contributed by atoms with van der Waals surface area (Å²) in [4.78, 5) is 15.3. The Kier molecular flexibility index (Phi) is 5.31. The third kappa shape index (κ3) is 3.97. The molecule has 132 valence electrons. The number of piperidine rings is 1. The van der Waals surface area contributed by atoms with Gasteiger partial charge in [0, 0.05) is 25.0 Å². The number of sulfonamides is 1. The lowest BCUT2D eigenvalue weighted by atomic mass is 10.2. The minimum Gasteiger partial charge on any atom is -0.352 e. The van der Waals surface area contributed by atoms with Crippen LogP contribution in [0.4, 0.5) is 5.69 Å². The highest BCUT2D eigenvalue weighted by atomic mass is 32.2. The zero-order chi connectivity index (χ0) is 17.9. The van der Waals surface area contributed by atoms with E-state index in [0.29, 0.717) is 29.0 Å². The quantitative estimate of drug-likeness (QED) is 0.802. The summed E-state index contributed by atoms with van der Waals surface area (Å²) in [5.74, 6) is -0.380. The molecule has 0 saturated carbocycles. The van der Waals surface area contributed by atoms with Crippen LogP contribution in [0.5, 0.6) is 0 Å². The van der Waals surface area contributed by atoms with Crippen molar-refractivity contribution in [1.29, 1.82) is 0 Å². The van der Waals surface area contributed by atoms with E-state index in [-0.39, 0.29) is 10.8 Å². The van der Waals surface area contributed by atoms with Gasteiger partial charge < -0.3 is 10.3 Å². The summed E-state index contributed by atoms with van der Waals surface area (Å²) in [6.07, 6.45) is 4.45. The SMILES string of the molecule is O=C(Nc1cccc(S(=O)(=O)N2CCCCC2)c1)c1ccc[nH]c1=S. The molecule has 1 aliphatic heterocycles. The fourth-order valence-corrected chi connectivity index (χ4v) is 4.58. The molecule has 1 aromatic carbocycles. The van der Waals surface area contributed by atoms with E-state index in [0.717, 1.165) is 19.3 Å². The van der Waals surface area contributed by atoms with Crippen LogP contribution in [0.15, 0.2) is 47.5 Å². The first kappa shape index (κ1) is 17.8. The first-order chi connectivity index (χ1) is 12.0. The number of amides is 1. The smallest absolute Gasteiger partial charge is 0.258 e. The van der Waals surface area contributed by atoms with Crippen LogP contribution >= 0.6 is 12.2 Å². The molecule has 0 aliphatic carbocycles. The number of nitrogens with zero attached hydrogens (tertiary/aromatic N) is 1. The Morgan fingerprint density at radius 1 is 1.12 bits per heavy atom. The lowest BCUT2D eigenvalue weighted by Gasteiger charge is -2.26. The van der Waals surface area contributed by atoms with Crippen molar-refractivity contribution >= 4 is 33.8 Å². The summed E-state index contributed by atoms with van der Waals surface area (Å²) in [6, 6.07) is 9.61. The van der Waals surface area contributed by atoms with Gasteiger partial charge in [-0.05, 0) is 43.2 Å². The van der Waals surface area contributed by atoms with Gasteiger partial charge in [0.25, 0.3) is 5.91 Å². The predicted molar refractivity (Wildman–Crippen MR) is 98.6 cm³/mol. The van der Waals surface area contributed by atoms with E-state index in [9.17, 15) is 13.2 Å². The van der Waals surface area contributed by atoms with Crippen LogP contribution in [0, 0.1) is 4.64 Å². The van der Waals surface area contributed by atoms with Crippen LogP contribution in [0.3, 0.4) is 0 Å². The number of nitrogens with one attached hydrogen (secondary N) is 2. The Hall–Kier alpha value is -2.03. The van der Waals surface area contributed by atoms with Crippen molar-refractivity contribution < 1.29 is 13.2 Å². The Bertz CT molecular complexity index is 932. The van der Waals surface area contributed by atoms with Crippen LogP contribution in [0.25, 0.3) is 0 Å². The van der Waals surface area contributed by atoms with Gasteiger partial charge >= 0.3 is 0 Å². The van der Waals surface area contributed by atoms with Crippen molar-refractivity contribution in [2.24, 2.45) is 0 Å². The van der Waals surface area contributed by atoms with Crippen LogP contribution in [0.1, 0.15) is 29.6 Å². The molecule has 0 atom stereocenters. The highest BCUT2D eigenvalue weighted by Gasteiger charge is 2.26. The molecule has 1 amide bonds. The number of carbonyl (C=O) groups excluding carboxylic acids is 1. The normalized spacial score (nSPS) is 15.7. The summed E-state index contributed by atoms with van der Waals surface area (Å²) in [7, 11) is -3.54. The van der Waals surface area contributed by atoms with Gasteiger partial charge in [-0.15, -0.1) is 0 Å². The molecule has 3 rings (SSSR count). The molecule has 0 radical (unpaired) electrons. The first-order valence-electron chi connectivity index (χ1n) is 8.08. The second kappa shape index (κ2) is 7.47. The number of rotatable bonds is 4. The molecular formula is C17H19N3O3S2. The van der Waals surface area contributed by atoms with Crippen molar-refractivity contribution in [2.75, 3.05) is 18.4 Å². The Labute approximate surface area is 151 Å². The van der Waals surface area contributed by atoms with Crippen molar-refractivity contribution in [3.8, 4) is 0 Å². The van der Waals surface area contributed by atoms with Crippen molar-refractivity contribution in [3.63, 3.8) is 0 Å². The van der Waals surface area contributed by atoms with Crippen LogP contribution < -0.4 is 5.32 Å². The second-order valence-electron chi connectivity index (χ2n) is 5.86. The first-order valence-corrected chi connectivity index (χ1v) is 9.92. The number of anilines is 1. The fourth-order valence-electron chi connectivity index (χ4n) is 2.79. The van der Waals surface area contributed by atoms with E-state index in [2.05, 4.69) is 10.3 Å². The molecule has 1 aliphatic rings. The molecule has 2 heterocycles. The number of aromatic nitrogens is 1. The molecule has 0 bridgehead atoms. The number of benzene rings is 1. The molecular weight excluding hydrogens is 358 g/mol. The standard InChI is InChI=1S/C17H19N3O3S2/c21-16(15-8-5-9-18-17(15)24)19-13-6-4-7-14(12-13)25(22,23)20-10-2-1-3-11-20/h4-9,12H,1-3,10-11H2,(H,18,24)(H,19,21). The van der Waals surface area contributed by atoms with Gasteiger partial charge in [0.2, 0.25) is 10.0 Å². The van der Waals surface area contributed by atoms with E-state index in [1.807, 2.05) is 0 Å². The third-order valence-electron chi connectivity index (χ3n) is 4.11. The number of aromatic amines is 1. The molecule has 0 unspecified atom stereocenters. The number of hydrogen-bond acceptors (Lipinski definition) is 4. The molecule has 1 aromatic heterocycles. The lowest BCUT2D eigenvalue weighted by molar-refractivity contribution is 0.102. The maximum atomic E-state index is 12.7. The van der Waals surface area contributed by atoms with Gasteiger partial charge in [-0.3, -0.25) is 4.79 Å². The zero-order valence-electron chi connectivity index (χ0n) is 13.6. The van der Waals surface area contributed by atoms with Crippen LogP contribution in [-0.4, -0.2) is 36.7 Å². The van der Waals surface area contributed by atoms with Gasteiger partial charge in [-0.25, -0.2) is 8.42 Å². The van der Waals surface area contributed by atoms with Gasteiger partial charge in [-0.1, -0.05) is 24.7 Å². The van der Waals surface area contributed by atoms with Gasteiger partial charge in [0.05, 0.1) is 10.5 Å². The van der Waals surface area contributed by atoms with Crippen molar-refractivity contribution in [3.05, 3.63) is 52.8 Å². The third-order valence-corrected chi connectivity index (χ3v) is 6.34. The Balaban J connectivity index is 1.83. The molecule has 2 N–H and O–H groups in total. The molecule has 0 spiro atoms. The monoisotopic (exact) mass is 377 g/mol. The van der Waals surface area contributed by atoms with Crippen molar-refractivity contribution in [1.82, 2.24) is 9.29 Å². The van der Waals surface area contributed by atoms with Gasteiger partial charge in [0.15, 0.2) is 0 Å². The van der Waals surface area contributed by atoms with E-state index in [4.69, 9.17) is 12.2 Å². The average molecular weight is 377 g/mol. The summed E-state index contributed by atoms with van der Waals surface area (Å²) in [5, 5.41) is 2.71. The highest BCUT2D eigenvalue weighted by Crippen LogP contribution is 2.23. The maximum Gasteiger partial charge on any atom is 0.258 e. The summed E-state index contributed by atoms with van der Waals surface area (Å²) >= 11 is 5.10. The number of carbonyl (C=O) groups is 1. The number of pyridine rings is 1.